The number of nitrogens with zero attached hydrogens (tertiary/aromatic N) is 1. The minimum Gasteiger partial charge on any atom is -0.312 e. The van der Waals surface area contributed by atoms with Crippen LogP contribution in [0.15, 0.2) is 0 Å². The van der Waals surface area contributed by atoms with E-state index in [9.17, 15) is 0 Å². The molecule has 0 rings (SSSR count). The molecule has 0 heterocycles. The van der Waals surface area contributed by atoms with Crippen molar-refractivity contribution in [3.63, 3.8) is 0 Å². The summed E-state index contributed by atoms with van der Waals surface area (Å²) in [5, 5.41) is 3.49. The first kappa shape index (κ1) is 14.5. The molecule has 1 N–H and O–H groups in total. The van der Waals surface area contributed by atoms with Crippen molar-refractivity contribution < 1.29 is 0 Å². The Kier molecular flexibility index (Phi) is 7.46. The summed E-state index contributed by atoms with van der Waals surface area (Å²) in [5.74, 6) is 2.65. The van der Waals surface area contributed by atoms with Crippen molar-refractivity contribution in [2.75, 3.05) is 26.7 Å². The second kappa shape index (κ2) is 7.73. The molecule has 88 valence electrons. The van der Waals surface area contributed by atoms with E-state index in [1.165, 1.54) is 19.3 Å². The second-order valence-corrected chi connectivity index (χ2v) is 5.18. The molecule has 0 aromatic rings. The van der Waals surface area contributed by atoms with E-state index in [4.69, 9.17) is 6.42 Å². The molecule has 0 amide bonds. The van der Waals surface area contributed by atoms with E-state index in [1.54, 1.807) is 0 Å². The van der Waals surface area contributed by atoms with Gasteiger partial charge in [-0.15, -0.1) is 6.42 Å². The van der Waals surface area contributed by atoms with Crippen LogP contribution in [0.2, 0.25) is 0 Å². The number of hydrogen-bond acceptors (Lipinski definition) is 2. The maximum absolute atomic E-state index is 5.23. The average Bonchev–Trinajstić information content (AvgIpc) is 2.09. The van der Waals surface area contributed by atoms with Crippen LogP contribution in [0.4, 0.5) is 0 Å². The maximum Gasteiger partial charge on any atom is 0.0596 e. The van der Waals surface area contributed by atoms with Crippen molar-refractivity contribution in [1.29, 1.82) is 0 Å². The van der Waals surface area contributed by atoms with Crippen molar-refractivity contribution in [1.82, 2.24) is 10.2 Å². The highest BCUT2D eigenvalue weighted by atomic mass is 15.1. The number of unbranched alkanes of at least 4 members (excludes halogenated alkanes) is 2. The van der Waals surface area contributed by atoms with Crippen LogP contribution in [0.3, 0.4) is 0 Å². The molecule has 0 bridgehead atoms. The quantitative estimate of drug-likeness (QED) is 0.511. The molecular weight excluding hydrogens is 184 g/mol. The first-order chi connectivity index (χ1) is 6.95. The van der Waals surface area contributed by atoms with Crippen LogP contribution in [-0.2, 0) is 0 Å². The maximum atomic E-state index is 5.23. The average molecular weight is 210 g/mol. The lowest BCUT2D eigenvalue weighted by molar-refractivity contribution is 0.356. The van der Waals surface area contributed by atoms with Crippen molar-refractivity contribution in [3.05, 3.63) is 0 Å². The summed E-state index contributed by atoms with van der Waals surface area (Å²) in [4.78, 5) is 2.19. The Hall–Kier alpha value is -0.520. The number of nitrogens with one attached hydrogen (secondary N) is 1. The highest BCUT2D eigenvalue weighted by Crippen LogP contribution is 2.01. The summed E-state index contributed by atoms with van der Waals surface area (Å²) in [6.07, 6.45) is 8.99. The van der Waals surface area contributed by atoms with Crippen LogP contribution >= 0.6 is 0 Å². The largest absolute Gasteiger partial charge is 0.312 e. The molecule has 0 aliphatic carbocycles. The molecule has 0 atom stereocenters. The fourth-order valence-electron chi connectivity index (χ4n) is 1.38. The highest BCUT2D eigenvalue weighted by Gasteiger charge is 2.06. The van der Waals surface area contributed by atoms with E-state index in [2.05, 4.69) is 44.0 Å². The zero-order chi connectivity index (χ0) is 11.7. The second-order valence-electron chi connectivity index (χ2n) is 5.18. The van der Waals surface area contributed by atoms with Crippen LogP contribution in [0.1, 0.15) is 40.0 Å². The van der Waals surface area contributed by atoms with Gasteiger partial charge < -0.3 is 5.32 Å². The molecule has 0 saturated heterocycles. The Bertz CT molecular complexity index is 186. The van der Waals surface area contributed by atoms with Gasteiger partial charge in [0.05, 0.1) is 6.54 Å². The highest BCUT2D eigenvalue weighted by molar-refractivity contribution is 4.86. The summed E-state index contributed by atoms with van der Waals surface area (Å²) >= 11 is 0. The Morgan fingerprint density at radius 2 is 1.87 bits per heavy atom. The van der Waals surface area contributed by atoms with E-state index < -0.39 is 0 Å². The van der Waals surface area contributed by atoms with Crippen LogP contribution in [0.5, 0.6) is 0 Å². The van der Waals surface area contributed by atoms with Gasteiger partial charge in [-0.3, -0.25) is 4.90 Å². The molecule has 0 aliphatic rings. The summed E-state index contributed by atoms with van der Waals surface area (Å²) in [6.45, 7) is 9.59. The van der Waals surface area contributed by atoms with Gasteiger partial charge in [0.2, 0.25) is 0 Å². The van der Waals surface area contributed by atoms with E-state index in [1.807, 2.05) is 0 Å². The SMILES string of the molecule is C#CCN(C)CCCCCNC(C)(C)C. The topological polar surface area (TPSA) is 15.3 Å². The first-order valence-corrected chi connectivity index (χ1v) is 5.83. The number of hydrogen-bond donors (Lipinski definition) is 1. The Labute approximate surface area is 95.4 Å². The van der Waals surface area contributed by atoms with Gasteiger partial charge >= 0.3 is 0 Å². The summed E-state index contributed by atoms with van der Waals surface area (Å²) in [5.41, 5.74) is 0.250. The zero-order valence-corrected chi connectivity index (χ0v) is 10.8. The molecule has 0 aromatic carbocycles. The fourth-order valence-corrected chi connectivity index (χ4v) is 1.38. The molecular formula is C13H26N2. The van der Waals surface area contributed by atoms with Gasteiger partial charge in [-0.05, 0) is 53.8 Å². The summed E-state index contributed by atoms with van der Waals surface area (Å²) in [7, 11) is 2.08. The van der Waals surface area contributed by atoms with Crippen molar-refractivity contribution in [2.45, 2.75) is 45.6 Å². The zero-order valence-electron chi connectivity index (χ0n) is 10.8. The summed E-state index contributed by atoms with van der Waals surface area (Å²) in [6, 6.07) is 0. The van der Waals surface area contributed by atoms with Gasteiger partial charge in [0.1, 0.15) is 0 Å². The molecule has 0 saturated carbocycles. The third-order valence-electron chi connectivity index (χ3n) is 2.23. The Balaban J connectivity index is 3.23. The Morgan fingerprint density at radius 3 is 2.40 bits per heavy atom. The lowest BCUT2D eigenvalue weighted by atomic mass is 10.1. The third kappa shape index (κ3) is 11.4. The summed E-state index contributed by atoms with van der Waals surface area (Å²) < 4.78 is 0. The fraction of sp³-hybridized carbons (Fsp3) is 0.846. The van der Waals surface area contributed by atoms with Crippen LogP contribution in [-0.4, -0.2) is 37.1 Å². The van der Waals surface area contributed by atoms with Gasteiger partial charge in [-0.25, -0.2) is 0 Å². The van der Waals surface area contributed by atoms with Gasteiger partial charge in [0, 0.05) is 5.54 Å². The number of terminal acetylenes is 1. The van der Waals surface area contributed by atoms with Gasteiger partial charge in [-0.1, -0.05) is 12.3 Å². The smallest absolute Gasteiger partial charge is 0.0596 e. The van der Waals surface area contributed by atoms with Gasteiger partial charge in [-0.2, -0.15) is 0 Å². The molecule has 2 heteroatoms. The van der Waals surface area contributed by atoms with E-state index in [0.29, 0.717) is 0 Å². The molecule has 0 radical (unpaired) electrons. The predicted octanol–water partition coefficient (Wildman–Crippen LogP) is 2.11. The molecule has 0 aliphatic heterocycles. The first-order valence-electron chi connectivity index (χ1n) is 5.83. The normalized spacial score (nSPS) is 11.7. The molecule has 2 nitrogen and oxygen atoms in total. The number of rotatable bonds is 7. The lowest BCUT2D eigenvalue weighted by Gasteiger charge is -2.20. The predicted molar refractivity (Wildman–Crippen MR) is 67.9 cm³/mol. The lowest BCUT2D eigenvalue weighted by Crippen LogP contribution is -2.36. The van der Waals surface area contributed by atoms with Crippen molar-refractivity contribution in [3.8, 4) is 12.3 Å². The molecule has 0 aromatic heterocycles. The molecule has 0 fully saturated rings. The Morgan fingerprint density at radius 1 is 1.20 bits per heavy atom. The van der Waals surface area contributed by atoms with Crippen molar-refractivity contribution in [2.24, 2.45) is 0 Å². The van der Waals surface area contributed by atoms with Crippen LogP contribution < -0.4 is 5.32 Å². The van der Waals surface area contributed by atoms with E-state index in [-0.39, 0.29) is 5.54 Å². The van der Waals surface area contributed by atoms with E-state index in [0.717, 1.165) is 19.6 Å². The van der Waals surface area contributed by atoms with Crippen molar-refractivity contribution >= 4 is 0 Å². The third-order valence-corrected chi connectivity index (χ3v) is 2.23. The minimum atomic E-state index is 0.250. The molecule has 0 spiro atoms. The van der Waals surface area contributed by atoms with Crippen LogP contribution in [0, 0.1) is 12.3 Å². The van der Waals surface area contributed by atoms with E-state index >= 15 is 0 Å². The standard InChI is InChI=1S/C13H26N2/c1-6-11-15(5)12-9-7-8-10-14-13(2,3)4/h1,14H,7-12H2,2-5H3. The molecule has 0 unspecified atom stereocenters. The molecule has 15 heavy (non-hydrogen) atoms. The minimum absolute atomic E-state index is 0.250. The monoisotopic (exact) mass is 210 g/mol. The van der Waals surface area contributed by atoms with Gasteiger partial charge in [0.25, 0.3) is 0 Å². The van der Waals surface area contributed by atoms with Crippen LogP contribution in [0.25, 0.3) is 0 Å². The van der Waals surface area contributed by atoms with Gasteiger partial charge in [0.15, 0.2) is 0 Å².